The van der Waals surface area contributed by atoms with Gasteiger partial charge in [0.25, 0.3) is 0 Å². The molecule has 1 saturated heterocycles. The highest BCUT2D eigenvalue weighted by Gasteiger charge is 2.10. The first kappa shape index (κ1) is 11.4. The molecule has 1 aliphatic rings. The third-order valence-electron chi connectivity index (χ3n) is 2.39. The van der Waals surface area contributed by atoms with E-state index < -0.39 is 0 Å². The molecule has 3 heteroatoms. The Hall–Kier alpha value is -0.130. The lowest BCUT2D eigenvalue weighted by Gasteiger charge is -2.25. The Bertz CT molecular complexity index is 293. The van der Waals surface area contributed by atoms with Crippen molar-refractivity contribution in [3.63, 3.8) is 0 Å². The molecule has 1 aromatic carbocycles. The van der Waals surface area contributed by atoms with E-state index in [1.165, 1.54) is 9.13 Å². The monoisotopic (exact) mass is 315 g/mol. The van der Waals surface area contributed by atoms with E-state index in [0.29, 0.717) is 0 Å². The van der Waals surface area contributed by atoms with Crippen LogP contribution in [0.15, 0.2) is 24.3 Å². The van der Waals surface area contributed by atoms with Gasteiger partial charge in [-0.1, -0.05) is 12.1 Å². The lowest BCUT2D eigenvalue weighted by Crippen LogP contribution is -2.34. The van der Waals surface area contributed by atoms with Gasteiger partial charge in [-0.25, -0.2) is 0 Å². The van der Waals surface area contributed by atoms with Crippen molar-refractivity contribution in [2.75, 3.05) is 26.3 Å². The van der Waals surface area contributed by atoms with Crippen molar-refractivity contribution in [3.05, 3.63) is 46.4 Å². The zero-order chi connectivity index (χ0) is 10.5. The largest absolute Gasteiger partial charge is 0.379 e. The summed E-state index contributed by atoms with van der Waals surface area (Å²) in [6, 6.07) is 8.52. The second-order valence-corrected chi connectivity index (χ2v) is 4.76. The van der Waals surface area contributed by atoms with Crippen LogP contribution in [0.3, 0.4) is 0 Å². The fraction of sp³-hybridized carbons (Fsp3) is 0.333. The van der Waals surface area contributed by atoms with Crippen molar-refractivity contribution in [3.8, 4) is 0 Å². The minimum absolute atomic E-state index is 0.844. The summed E-state index contributed by atoms with van der Waals surface area (Å²) in [5.74, 6) is 0. The van der Waals surface area contributed by atoms with E-state index in [0.717, 1.165) is 26.3 Å². The summed E-state index contributed by atoms with van der Waals surface area (Å²) in [6.07, 6.45) is 2.15. The molecule has 2 radical (unpaired) electrons. The van der Waals surface area contributed by atoms with Gasteiger partial charge in [-0.3, -0.25) is 4.90 Å². The molecule has 80 valence electrons. The number of nitrogens with zero attached hydrogens (tertiary/aromatic N) is 1. The molecule has 1 heterocycles. The van der Waals surface area contributed by atoms with Crippen LogP contribution in [0.1, 0.15) is 5.56 Å². The van der Waals surface area contributed by atoms with Crippen molar-refractivity contribution < 1.29 is 4.74 Å². The van der Waals surface area contributed by atoms with E-state index in [1.54, 1.807) is 0 Å². The van der Waals surface area contributed by atoms with Gasteiger partial charge >= 0.3 is 0 Å². The number of rotatable bonds is 3. The van der Waals surface area contributed by atoms with Crippen LogP contribution in [-0.2, 0) is 4.74 Å². The maximum atomic E-state index is 5.29. The van der Waals surface area contributed by atoms with Gasteiger partial charge in [-0.2, -0.15) is 0 Å². The van der Waals surface area contributed by atoms with Crippen molar-refractivity contribution in [2.45, 2.75) is 0 Å². The first-order valence-electron chi connectivity index (χ1n) is 5.10. The SMILES string of the molecule is Ic1ccc([CH][CH]N2CCOCC2)cc1. The molecule has 1 fully saturated rings. The topological polar surface area (TPSA) is 12.5 Å². The van der Waals surface area contributed by atoms with Crippen LogP contribution in [0.5, 0.6) is 0 Å². The van der Waals surface area contributed by atoms with Crippen LogP contribution >= 0.6 is 22.6 Å². The second kappa shape index (κ2) is 5.82. The Kier molecular flexibility index (Phi) is 4.41. The molecule has 0 saturated carbocycles. The number of hydrogen-bond acceptors (Lipinski definition) is 2. The molecule has 0 amide bonds. The molecule has 0 bridgehead atoms. The van der Waals surface area contributed by atoms with Gasteiger partial charge in [0.05, 0.1) is 13.2 Å². The van der Waals surface area contributed by atoms with Gasteiger partial charge in [0.2, 0.25) is 0 Å². The lowest BCUT2D eigenvalue weighted by molar-refractivity contribution is 0.0529. The van der Waals surface area contributed by atoms with E-state index in [2.05, 4.69) is 64.7 Å². The minimum atomic E-state index is 0.844. The highest BCUT2D eigenvalue weighted by molar-refractivity contribution is 14.1. The van der Waals surface area contributed by atoms with Crippen LogP contribution < -0.4 is 0 Å². The Morgan fingerprint density at radius 2 is 1.80 bits per heavy atom. The average molecular weight is 315 g/mol. The van der Waals surface area contributed by atoms with Crippen LogP contribution in [0.4, 0.5) is 0 Å². The normalized spacial score (nSPS) is 17.9. The fourth-order valence-electron chi connectivity index (χ4n) is 1.49. The predicted octanol–water partition coefficient (Wildman–Crippen LogP) is 2.34. The summed E-state index contributed by atoms with van der Waals surface area (Å²) in [5, 5.41) is 0. The summed E-state index contributed by atoms with van der Waals surface area (Å²) < 4.78 is 6.57. The molecule has 2 rings (SSSR count). The third kappa shape index (κ3) is 3.74. The smallest absolute Gasteiger partial charge is 0.0594 e. The molecule has 1 aliphatic heterocycles. The minimum Gasteiger partial charge on any atom is -0.379 e. The number of hydrogen-bond donors (Lipinski definition) is 0. The molecule has 0 atom stereocenters. The highest BCUT2D eigenvalue weighted by Crippen LogP contribution is 2.11. The van der Waals surface area contributed by atoms with Crippen LogP contribution in [0.25, 0.3) is 0 Å². The molecule has 0 aliphatic carbocycles. The number of halogens is 1. The van der Waals surface area contributed by atoms with E-state index in [-0.39, 0.29) is 0 Å². The molecule has 0 N–H and O–H groups in total. The van der Waals surface area contributed by atoms with E-state index in [9.17, 15) is 0 Å². The molecule has 0 aromatic heterocycles. The van der Waals surface area contributed by atoms with Gasteiger partial charge in [-0.05, 0) is 40.3 Å². The van der Waals surface area contributed by atoms with E-state index >= 15 is 0 Å². The van der Waals surface area contributed by atoms with Gasteiger partial charge in [0.1, 0.15) is 0 Å². The Labute approximate surface area is 105 Å². The molecular weight excluding hydrogens is 301 g/mol. The summed E-state index contributed by atoms with van der Waals surface area (Å²) >= 11 is 2.32. The zero-order valence-electron chi connectivity index (χ0n) is 8.53. The maximum Gasteiger partial charge on any atom is 0.0594 e. The summed E-state index contributed by atoms with van der Waals surface area (Å²) in [4.78, 5) is 2.29. The molecule has 0 unspecified atom stereocenters. The van der Waals surface area contributed by atoms with Crippen molar-refractivity contribution in [1.82, 2.24) is 4.90 Å². The first-order chi connectivity index (χ1) is 7.34. The Morgan fingerprint density at radius 1 is 1.13 bits per heavy atom. The van der Waals surface area contributed by atoms with Crippen LogP contribution in [-0.4, -0.2) is 31.2 Å². The maximum absolute atomic E-state index is 5.29. The summed E-state index contributed by atoms with van der Waals surface area (Å²) in [7, 11) is 0. The van der Waals surface area contributed by atoms with Crippen molar-refractivity contribution in [1.29, 1.82) is 0 Å². The van der Waals surface area contributed by atoms with Crippen molar-refractivity contribution >= 4 is 22.6 Å². The quantitative estimate of drug-likeness (QED) is 0.794. The number of ether oxygens (including phenoxy) is 1. The number of morpholine rings is 1. The Balaban J connectivity index is 1.79. The fourth-order valence-corrected chi connectivity index (χ4v) is 1.85. The summed E-state index contributed by atoms with van der Waals surface area (Å²) in [6.45, 7) is 5.85. The highest BCUT2D eigenvalue weighted by atomic mass is 127. The zero-order valence-corrected chi connectivity index (χ0v) is 10.7. The molecule has 15 heavy (non-hydrogen) atoms. The summed E-state index contributed by atoms with van der Waals surface area (Å²) in [5.41, 5.74) is 1.25. The van der Waals surface area contributed by atoms with Crippen LogP contribution in [0, 0.1) is 16.5 Å². The Morgan fingerprint density at radius 3 is 2.47 bits per heavy atom. The van der Waals surface area contributed by atoms with Gasteiger partial charge in [-0.15, -0.1) is 0 Å². The van der Waals surface area contributed by atoms with Gasteiger partial charge < -0.3 is 4.74 Å². The van der Waals surface area contributed by atoms with E-state index in [4.69, 9.17) is 4.74 Å². The lowest BCUT2D eigenvalue weighted by atomic mass is 10.1. The van der Waals surface area contributed by atoms with Crippen molar-refractivity contribution in [2.24, 2.45) is 0 Å². The second-order valence-electron chi connectivity index (χ2n) is 3.52. The molecule has 1 aromatic rings. The average Bonchev–Trinajstić information content (AvgIpc) is 2.30. The van der Waals surface area contributed by atoms with Crippen LogP contribution in [0.2, 0.25) is 0 Å². The van der Waals surface area contributed by atoms with E-state index in [1.807, 2.05) is 0 Å². The standard InChI is InChI=1S/C12H14INO/c13-12-3-1-11(2-4-12)5-6-14-7-9-15-10-8-14/h1-6H,7-10H2. The predicted molar refractivity (Wildman–Crippen MR) is 69.3 cm³/mol. The molecule has 0 spiro atoms. The molecule has 2 nitrogen and oxygen atoms in total. The molecular formula is C12H14INO. The number of benzene rings is 1. The van der Waals surface area contributed by atoms with Gasteiger partial charge in [0.15, 0.2) is 0 Å². The first-order valence-corrected chi connectivity index (χ1v) is 6.18. The third-order valence-corrected chi connectivity index (χ3v) is 3.11. The van der Waals surface area contributed by atoms with Gasteiger partial charge in [0, 0.05) is 29.6 Å².